The average molecular weight is 467 g/mol. The third-order valence-electron chi connectivity index (χ3n) is 6.61. The fourth-order valence-electron chi connectivity index (χ4n) is 4.62. The SMILES string of the molecule is CCCCCC1CCC(CCc2ccc(C(F)(F)Oc3ccc(OC(F)F)cc3)cc2)CC1. The Bertz CT molecular complexity index is 813. The van der Waals surface area contributed by atoms with Crippen molar-refractivity contribution in [2.75, 3.05) is 0 Å². The van der Waals surface area contributed by atoms with E-state index in [4.69, 9.17) is 4.74 Å². The molecule has 0 spiro atoms. The predicted octanol–water partition coefficient (Wildman–Crippen LogP) is 8.74. The van der Waals surface area contributed by atoms with Crippen molar-refractivity contribution in [2.24, 2.45) is 11.8 Å². The third kappa shape index (κ3) is 8.24. The quantitative estimate of drug-likeness (QED) is 0.230. The van der Waals surface area contributed by atoms with Crippen molar-refractivity contribution in [2.45, 2.75) is 83.9 Å². The number of alkyl halides is 4. The second-order valence-corrected chi connectivity index (χ2v) is 9.09. The normalized spacial score (nSPS) is 19.0. The van der Waals surface area contributed by atoms with E-state index < -0.39 is 12.7 Å². The van der Waals surface area contributed by atoms with Crippen molar-refractivity contribution in [3.63, 3.8) is 0 Å². The lowest BCUT2D eigenvalue weighted by Crippen LogP contribution is -2.21. The van der Waals surface area contributed by atoms with Gasteiger partial charge in [-0.3, -0.25) is 0 Å². The lowest BCUT2D eigenvalue weighted by atomic mass is 9.78. The third-order valence-corrected chi connectivity index (χ3v) is 6.61. The first-order valence-corrected chi connectivity index (χ1v) is 12.1. The molecule has 0 atom stereocenters. The van der Waals surface area contributed by atoms with Crippen LogP contribution in [-0.4, -0.2) is 6.61 Å². The summed E-state index contributed by atoms with van der Waals surface area (Å²) in [5.41, 5.74) is 0.805. The summed E-state index contributed by atoms with van der Waals surface area (Å²) in [7, 11) is 0. The van der Waals surface area contributed by atoms with Crippen molar-refractivity contribution >= 4 is 0 Å². The molecule has 0 amide bonds. The van der Waals surface area contributed by atoms with Gasteiger partial charge in [0.1, 0.15) is 11.5 Å². The largest absolute Gasteiger partial charge is 0.435 e. The molecule has 0 saturated heterocycles. The standard InChI is InChI=1S/C27H34F4O2/c1-2-3-4-5-20-6-8-21(9-7-20)10-11-22-12-14-23(15-13-22)27(30,31)33-25-18-16-24(17-19-25)32-26(28)29/h12-21,26H,2-11H2,1H3. The summed E-state index contributed by atoms with van der Waals surface area (Å²) in [6.45, 7) is -0.727. The van der Waals surface area contributed by atoms with Gasteiger partial charge >= 0.3 is 12.7 Å². The molecule has 2 nitrogen and oxygen atoms in total. The highest BCUT2D eigenvalue weighted by Gasteiger charge is 2.34. The number of benzene rings is 2. The summed E-state index contributed by atoms with van der Waals surface area (Å²) in [4.78, 5) is 0. The molecule has 1 aliphatic rings. The molecule has 182 valence electrons. The highest BCUT2D eigenvalue weighted by Crippen LogP contribution is 2.35. The van der Waals surface area contributed by atoms with Crippen LogP contribution in [0.25, 0.3) is 0 Å². The minimum atomic E-state index is -3.53. The van der Waals surface area contributed by atoms with Crippen molar-refractivity contribution in [1.29, 1.82) is 0 Å². The topological polar surface area (TPSA) is 18.5 Å². The summed E-state index contributed by atoms with van der Waals surface area (Å²) < 4.78 is 62.5. The van der Waals surface area contributed by atoms with E-state index >= 15 is 0 Å². The van der Waals surface area contributed by atoms with Gasteiger partial charge in [-0.1, -0.05) is 70.4 Å². The summed E-state index contributed by atoms with van der Waals surface area (Å²) >= 11 is 0. The number of unbranched alkanes of at least 4 members (excludes halogenated alkanes) is 2. The molecule has 1 aliphatic carbocycles. The Hall–Kier alpha value is -2.24. The van der Waals surface area contributed by atoms with Crippen LogP contribution >= 0.6 is 0 Å². The molecule has 33 heavy (non-hydrogen) atoms. The van der Waals surface area contributed by atoms with E-state index in [1.807, 2.05) is 0 Å². The molecular weight excluding hydrogens is 432 g/mol. The summed E-state index contributed by atoms with van der Waals surface area (Å²) in [5.74, 6) is 1.38. The fraction of sp³-hybridized carbons (Fsp3) is 0.556. The Morgan fingerprint density at radius 2 is 1.39 bits per heavy atom. The first-order valence-electron chi connectivity index (χ1n) is 12.1. The van der Waals surface area contributed by atoms with E-state index in [9.17, 15) is 17.6 Å². The number of rotatable bonds is 12. The zero-order valence-corrected chi connectivity index (χ0v) is 19.3. The molecule has 0 heterocycles. The molecule has 0 N–H and O–H groups in total. The number of hydrogen-bond acceptors (Lipinski definition) is 2. The molecule has 2 aromatic carbocycles. The van der Waals surface area contributed by atoms with Crippen LogP contribution in [0.15, 0.2) is 48.5 Å². The molecule has 0 unspecified atom stereocenters. The van der Waals surface area contributed by atoms with Gasteiger partial charge in [-0.15, -0.1) is 0 Å². The first kappa shape index (κ1) is 25.4. The molecule has 6 heteroatoms. The summed E-state index contributed by atoms with van der Waals surface area (Å²) in [6, 6.07) is 11.0. The Balaban J connectivity index is 1.45. The van der Waals surface area contributed by atoms with Crippen molar-refractivity contribution in [3.05, 3.63) is 59.7 Å². The Kier molecular flexibility index (Phi) is 9.45. The molecule has 0 aromatic heterocycles. The van der Waals surface area contributed by atoms with Gasteiger partial charge in [0, 0.05) is 0 Å². The van der Waals surface area contributed by atoms with Crippen LogP contribution in [0, 0.1) is 11.8 Å². The highest BCUT2D eigenvalue weighted by atomic mass is 19.3. The van der Waals surface area contributed by atoms with Crippen LogP contribution in [0.1, 0.15) is 75.8 Å². The molecule has 3 rings (SSSR count). The lowest BCUT2D eigenvalue weighted by Gasteiger charge is -2.28. The maximum absolute atomic E-state index is 14.5. The minimum absolute atomic E-state index is 0.116. The van der Waals surface area contributed by atoms with Crippen molar-refractivity contribution < 1.29 is 27.0 Å². The van der Waals surface area contributed by atoms with E-state index in [-0.39, 0.29) is 17.1 Å². The van der Waals surface area contributed by atoms with E-state index in [2.05, 4.69) is 11.7 Å². The lowest BCUT2D eigenvalue weighted by molar-refractivity contribution is -0.185. The van der Waals surface area contributed by atoms with E-state index in [0.29, 0.717) is 0 Å². The van der Waals surface area contributed by atoms with Crippen LogP contribution in [0.5, 0.6) is 11.5 Å². The number of aryl methyl sites for hydroxylation is 1. The van der Waals surface area contributed by atoms with E-state index in [1.165, 1.54) is 87.8 Å². The van der Waals surface area contributed by atoms with Crippen LogP contribution < -0.4 is 9.47 Å². The Morgan fingerprint density at radius 1 is 0.818 bits per heavy atom. The highest BCUT2D eigenvalue weighted by molar-refractivity contribution is 5.32. The zero-order valence-electron chi connectivity index (χ0n) is 19.3. The maximum atomic E-state index is 14.5. The number of hydrogen-bond donors (Lipinski definition) is 0. The smallest absolute Gasteiger partial charge is 0.426 e. The van der Waals surface area contributed by atoms with Crippen LogP contribution in [0.3, 0.4) is 0 Å². The first-order chi connectivity index (χ1) is 15.9. The van der Waals surface area contributed by atoms with E-state index in [0.717, 1.165) is 30.2 Å². The van der Waals surface area contributed by atoms with Gasteiger partial charge in [0.15, 0.2) is 0 Å². The summed E-state index contributed by atoms with van der Waals surface area (Å²) in [5, 5.41) is 0. The van der Waals surface area contributed by atoms with Gasteiger partial charge < -0.3 is 9.47 Å². The van der Waals surface area contributed by atoms with Crippen LogP contribution in [0.2, 0.25) is 0 Å². The van der Waals surface area contributed by atoms with Gasteiger partial charge in [-0.05, 0) is 66.6 Å². The van der Waals surface area contributed by atoms with Gasteiger partial charge in [-0.25, -0.2) is 0 Å². The molecular formula is C27H34F4O2. The summed E-state index contributed by atoms with van der Waals surface area (Å²) in [6.07, 6.45) is 9.00. The second kappa shape index (κ2) is 12.3. The van der Waals surface area contributed by atoms with E-state index in [1.54, 1.807) is 12.1 Å². The molecule has 0 radical (unpaired) electrons. The Morgan fingerprint density at radius 3 is 1.97 bits per heavy atom. The molecule has 1 fully saturated rings. The number of halogens is 4. The number of ether oxygens (including phenoxy) is 2. The average Bonchev–Trinajstić information content (AvgIpc) is 2.80. The Labute approximate surface area is 194 Å². The zero-order chi connectivity index (χ0) is 23.7. The molecule has 1 saturated carbocycles. The van der Waals surface area contributed by atoms with Crippen LogP contribution in [-0.2, 0) is 12.5 Å². The monoisotopic (exact) mass is 466 g/mol. The van der Waals surface area contributed by atoms with Gasteiger partial charge in [0.25, 0.3) is 0 Å². The van der Waals surface area contributed by atoms with Gasteiger partial charge in [0.2, 0.25) is 0 Å². The predicted molar refractivity (Wildman–Crippen MR) is 122 cm³/mol. The van der Waals surface area contributed by atoms with Crippen LogP contribution in [0.4, 0.5) is 17.6 Å². The van der Waals surface area contributed by atoms with Gasteiger partial charge in [0.05, 0.1) is 5.56 Å². The molecule has 0 aliphatic heterocycles. The van der Waals surface area contributed by atoms with Crippen molar-refractivity contribution in [1.82, 2.24) is 0 Å². The van der Waals surface area contributed by atoms with Gasteiger partial charge in [-0.2, -0.15) is 17.6 Å². The van der Waals surface area contributed by atoms with Crippen molar-refractivity contribution in [3.8, 4) is 11.5 Å². The maximum Gasteiger partial charge on any atom is 0.426 e. The second-order valence-electron chi connectivity index (χ2n) is 9.09. The minimum Gasteiger partial charge on any atom is -0.435 e. The molecule has 0 bridgehead atoms. The fourth-order valence-corrected chi connectivity index (χ4v) is 4.62. The molecule has 2 aromatic rings.